The first kappa shape index (κ1) is 15.3. The number of carboxylic acids is 1. The van der Waals surface area contributed by atoms with Gasteiger partial charge in [-0.1, -0.05) is 30.3 Å². The summed E-state index contributed by atoms with van der Waals surface area (Å²) in [6, 6.07) is 8.38. The van der Waals surface area contributed by atoms with Crippen LogP contribution in [0, 0.1) is 0 Å². The average molecular weight is 293 g/mol. The number of carbonyl (C=O) groups is 2. The van der Waals surface area contributed by atoms with Crippen LogP contribution in [0.1, 0.15) is 18.9 Å². The molecule has 1 amide bonds. The van der Waals surface area contributed by atoms with Crippen LogP contribution in [0.4, 0.5) is 4.79 Å². The molecule has 1 unspecified atom stereocenters. The van der Waals surface area contributed by atoms with Crippen molar-refractivity contribution in [3.8, 4) is 0 Å². The Hall–Kier alpha value is -2.08. The number of likely N-dealkylation sites (tertiary alicyclic amines) is 1. The second kappa shape index (κ2) is 7.08. The van der Waals surface area contributed by atoms with Gasteiger partial charge in [-0.25, -0.2) is 9.59 Å². The molecule has 6 nitrogen and oxygen atoms in total. The smallest absolute Gasteiger partial charge is 0.410 e. The first-order valence-electron chi connectivity index (χ1n) is 6.93. The zero-order chi connectivity index (χ0) is 15.2. The lowest BCUT2D eigenvalue weighted by Crippen LogP contribution is -2.40. The van der Waals surface area contributed by atoms with Crippen LogP contribution in [0.15, 0.2) is 30.3 Å². The van der Waals surface area contributed by atoms with Gasteiger partial charge in [0.25, 0.3) is 0 Å². The monoisotopic (exact) mass is 293 g/mol. The quantitative estimate of drug-likeness (QED) is 0.897. The summed E-state index contributed by atoms with van der Waals surface area (Å²) >= 11 is 0. The molecule has 1 aliphatic rings. The van der Waals surface area contributed by atoms with E-state index in [4.69, 9.17) is 9.47 Å². The Morgan fingerprint density at radius 2 is 2.05 bits per heavy atom. The molecule has 114 valence electrons. The van der Waals surface area contributed by atoms with Crippen molar-refractivity contribution in [2.24, 2.45) is 0 Å². The van der Waals surface area contributed by atoms with E-state index in [1.54, 1.807) is 0 Å². The van der Waals surface area contributed by atoms with Gasteiger partial charge in [0.05, 0.1) is 12.6 Å². The minimum atomic E-state index is -1.03. The van der Waals surface area contributed by atoms with Crippen LogP contribution in [0.5, 0.6) is 0 Å². The third kappa shape index (κ3) is 3.95. The molecule has 0 aliphatic carbocycles. The van der Waals surface area contributed by atoms with Crippen molar-refractivity contribution in [3.63, 3.8) is 0 Å². The summed E-state index contributed by atoms with van der Waals surface area (Å²) in [6.07, 6.45) is -0.572. The van der Waals surface area contributed by atoms with Gasteiger partial charge in [-0.2, -0.15) is 0 Å². The van der Waals surface area contributed by atoms with Gasteiger partial charge in [0.1, 0.15) is 12.6 Å². The van der Waals surface area contributed by atoms with Crippen LogP contribution in [0.2, 0.25) is 0 Å². The number of benzene rings is 1. The minimum Gasteiger partial charge on any atom is -0.480 e. The Bertz CT molecular complexity index is 490. The van der Waals surface area contributed by atoms with Gasteiger partial charge in [0, 0.05) is 13.0 Å². The van der Waals surface area contributed by atoms with E-state index in [1.807, 2.05) is 37.3 Å². The number of carbonyl (C=O) groups excluding carboxylic acids is 1. The Morgan fingerprint density at radius 3 is 2.67 bits per heavy atom. The van der Waals surface area contributed by atoms with Gasteiger partial charge >= 0.3 is 12.1 Å². The van der Waals surface area contributed by atoms with E-state index in [2.05, 4.69) is 0 Å². The second-order valence-corrected chi connectivity index (χ2v) is 4.86. The van der Waals surface area contributed by atoms with Crippen LogP contribution in [0.3, 0.4) is 0 Å². The molecule has 1 aromatic rings. The molecule has 0 spiro atoms. The van der Waals surface area contributed by atoms with Crippen molar-refractivity contribution in [2.45, 2.75) is 32.1 Å². The SMILES string of the molecule is CCOC1C[C@@H](C(=O)O)N(C(=O)OCc2ccccc2)C1. The molecule has 1 N–H and O–H groups in total. The predicted molar refractivity (Wildman–Crippen MR) is 74.8 cm³/mol. The average Bonchev–Trinajstić information content (AvgIpc) is 2.90. The molecular weight excluding hydrogens is 274 g/mol. The summed E-state index contributed by atoms with van der Waals surface area (Å²) in [5, 5.41) is 9.20. The van der Waals surface area contributed by atoms with E-state index in [-0.39, 0.29) is 19.3 Å². The number of hydrogen-bond acceptors (Lipinski definition) is 4. The lowest BCUT2D eigenvalue weighted by molar-refractivity contribution is -0.141. The first-order chi connectivity index (χ1) is 10.1. The molecule has 1 aromatic carbocycles. The van der Waals surface area contributed by atoms with E-state index in [0.29, 0.717) is 13.0 Å². The molecule has 0 saturated carbocycles. The largest absolute Gasteiger partial charge is 0.480 e. The molecule has 1 fully saturated rings. The molecule has 1 saturated heterocycles. The maximum absolute atomic E-state index is 12.1. The molecule has 1 heterocycles. The van der Waals surface area contributed by atoms with Crippen molar-refractivity contribution in [3.05, 3.63) is 35.9 Å². The standard InChI is InChI=1S/C15H19NO5/c1-2-20-12-8-13(14(17)18)16(9-12)15(19)21-10-11-6-4-3-5-7-11/h3-7,12-13H,2,8-10H2,1H3,(H,17,18)/t12?,13-/m0/s1. The minimum absolute atomic E-state index is 0.127. The van der Waals surface area contributed by atoms with E-state index in [0.717, 1.165) is 5.56 Å². The number of nitrogens with zero attached hydrogens (tertiary/aromatic N) is 1. The Labute approximate surface area is 123 Å². The molecule has 21 heavy (non-hydrogen) atoms. The summed E-state index contributed by atoms with van der Waals surface area (Å²) in [5.41, 5.74) is 0.860. The normalized spacial score (nSPS) is 21.3. The van der Waals surface area contributed by atoms with Gasteiger partial charge in [0.2, 0.25) is 0 Å². The highest BCUT2D eigenvalue weighted by Gasteiger charge is 2.40. The molecule has 0 aromatic heterocycles. The fraction of sp³-hybridized carbons (Fsp3) is 0.467. The number of hydrogen-bond donors (Lipinski definition) is 1. The number of aliphatic carboxylic acids is 1. The molecular formula is C15H19NO5. The molecule has 1 aliphatic heterocycles. The zero-order valence-corrected chi connectivity index (χ0v) is 11.9. The predicted octanol–water partition coefficient (Wildman–Crippen LogP) is 1.89. The molecule has 0 radical (unpaired) electrons. The highest BCUT2D eigenvalue weighted by Crippen LogP contribution is 2.22. The fourth-order valence-electron chi connectivity index (χ4n) is 2.39. The van der Waals surface area contributed by atoms with Crippen LogP contribution in [-0.2, 0) is 20.9 Å². The van der Waals surface area contributed by atoms with Crippen molar-refractivity contribution >= 4 is 12.1 Å². The van der Waals surface area contributed by atoms with E-state index >= 15 is 0 Å². The Balaban J connectivity index is 1.94. The van der Waals surface area contributed by atoms with E-state index in [9.17, 15) is 14.7 Å². The highest BCUT2D eigenvalue weighted by molar-refractivity contribution is 5.80. The fourth-order valence-corrected chi connectivity index (χ4v) is 2.39. The number of ether oxygens (including phenoxy) is 2. The van der Waals surface area contributed by atoms with Gasteiger partial charge in [-0.05, 0) is 12.5 Å². The van der Waals surface area contributed by atoms with Crippen LogP contribution in [0.25, 0.3) is 0 Å². The summed E-state index contributed by atoms with van der Waals surface area (Å²) < 4.78 is 10.6. The van der Waals surface area contributed by atoms with Crippen LogP contribution < -0.4 is 0 Å². The summed E-state index contributed by atoms with van der Waals surface area (Å²) in [4.78, 5) is 24.5. The van der Waals surface area contributed by atoms with Crippen molar-refractivity contribution < 1.29 is 24.2 Å². The molecule has 2 atom stereocenters. The Kier molecular flexibility index (Phi) is 5.16. The number of rotatable bonds is 5. The van der Waals surface area contributed by atoms with Crippen molar-refractivity contribution in [1.29, 1.82) is 0 Å². The second-order valence-electron chi connectivity index (χ2n) is 4.86. The first-order valence-corrected chi connectivity index (χ1v) is 6.93. The lowest BCUT2D eigenvalue weighted by Gasteiger charge is -2.20. The number of amides is 1. The zero-order valence-electron chi connectivity index (χ0n) is 11.9. The van der Waals surface area contributed by atoms with E-state index in [1.165, 1.54) is 4.90 Å². The molecule has 0 bridgehead atoms. The molecule has 6 heteroatoms. The topological polar surface area (TPSA) is 76.1 Å². The third-order valence-electron chi connectivity index (χ3n) is 3.39. The number of carboxylic acid groups (broad SMARTS) is 1. The lowest BCUT2D eigenvalue weighted by atomic mass is 10.2. The van der Waals surface area contributed by atoms with Gasteiger partial charge in [0.15, 0.2) is 0 Å². The maximum Gasteiger partial charge on any atom is 0.410 e. The summed E-state index contributed by atoms with van der Waals surface area (Å²) in [6.45, 7) is 2.70. The van der Waals surface area contributed by atoms with Crippen LogP contribution in [-0.4, -0.2) is 47.4 Å². The summed E-state index contributed by atoms with van der Waals surface area (Å²) in [5.74, 6) is -1.03. The molecule has 2 rings (SSSR count). The van der Waals surface area contributed by atoms with Gasteiger partial charge in [-0.15, -0.1) is 0 Å². The van der Waals surface area contributed by atoms with E-state index < -0.39 is 18.1 Å². The van der Waals surface area contributed by atoms with Crippen molar-refractivity contribution in [2.75, 3.05) is 13.2 Å². The highest BCUT2D eigenvalue weighted by atomic mass is 16.6. The summed E-state index contributed by atoms with van der Waals surface area (Å²) in [7, 11) is 0. The maximum atomic E-state index is 12.1. The van der Waals surface area contributed by atoms with Gasteiger partial charge < -0.3 is 14.6 Å². The third-order valence-corrected chi connectivity index (χ3v) is 3.39. The van der Waals surface area contributed by atoms with Crippen molar-refractivity contribution in [1.82, 2.24) is 4.90 Å². The van der Waals surface area contributed by atoms with Gasteiger partial charge in [-0.3, -0.25) is 4.90 Å². The Morgan fingerprint density at radius 1 is 1.33 bits per heavy atom. The van der Waals surface area contributed by atoms with Crippen LogP contribution >= 0.6 is 0 Å².